The molecule has 0 spiro atoms. The minimum absolute atomic E-state index is 0.174. The van der Waals surface area contributed by atoms with Crippen molar-refractivity contribution in [3.8, 4) is 0 Å². The van der Waals surface area contributed by atoms with Crippen molar-refractivity contribution in [3.05, 3.63) is 23.2 Å². The first kappa shape index (κ1) is 21.4. The first-order chi connectivity index (χ1) is 9.38. The average Bonchev–Trinajstić information content (AvgIpc) is 2.40. The first-order valence-corrected chi connectivity index (χ1v) is 9.29. The maximum absolute atomic E-state index is 10.9. The lowest BCUT2D eigenvalue weighted by Crippen LogP contribution is -2.10. The van der Waals surface area contributed by atoms with E-state index in [1.165, 1.54) is 6.26 Å². The molecule has 1 aromatic carbocycles. The van der Waals surface area contributed by atoms with E-state index in [2.05, 4.69) is 5.32 Å². The largest absolute Gasteiger partial charge is 0.397 e. The molecule has 1 aromatic rings. The number of hydrogen-bond acceptors (Lipinski definition) is 4. The summed E-state index contributed by atoms with van der Waals surface area (Å²) in [5, 5.41) is 3.65. The fraction of sp³-hybridized carbons (Fsp3) is 0.571. The zero-order chi connectivity index (χ0) is 16.2. The summed E-state index contributed by atoms with van der Waals surface area (Å²) in [5.74, 6) is 0.174. The number of nitrogens with one attached hydrogen (secondary N) is 1. The van der Waals surface area contributed by atoms with Crippen LogP contribution < -0.4 is 11.1 Å². The standard InChI is InChI=1S/C10H15ClN2O2S.2C2H6/c1-16(14,15)6-2-5-13-10-4-3-8(11)7-9(10)12;2*1-2/h3-4,7,13H,2,5-6,12H2,1H3;2*1-2H3. The summed E-state index contributed by atoms with van der Waals surface area (Å²) in [4.78, 5) is 0. The van der Waals surface area contributed by atoms with E-state index in [1.807, 2.05) is 27.7 Å². The Balaban J connectivity index is 0. The Morgan fingerprint density at radius 3 is 2.20 bits per heavy atom. The minimum atomic E-state index is -2.89. The molecular formula is C14H27ClN2O2S. The summed E-state index contributed by atoms with van der Waals surface area (Å²) in [5.41, 5.74) is 7.06. The first-order valence-electron chi connectivity index (χ1n) is 6.85. The number of rotatable bonds is 5. The van der Waals surface area contributed by atoms with Crippen LogP contribution in [0.25, 0.3) is 0 Å². The number of nitrogen functional groups attached to an aromatic ring is 1. The second-order valence-corrected chi connectivity index (χ2v) is 6.34. The predicted molar refractivity (Wildman–Crippen MR) is 91.4 cm³/mol. The van der Waals surface area contributed by atoms with Crippen LogP contribution in [0.1, 0.15) is 34.1 Å². The van der Waals surface area contributed by atoms with E-state index >= 15 is 0 Å². The van der Waals surface area contributed by atoms with Gasteiger partial charge in [-0.2, -0.15) is 0 Å². The normalized spacial score (nSPS) is 9.70. The van der Waals surface area contributed by atoms with Crippen molar-refractivity contribution in [2.75, 3.05) is 29.6 Å². The highest BCUT2D eigenvalue weighted by molar-refractivity contribution is 7.90. The molecule has 0 heterocycles. The Morgan fingerprint density at radius 1 is 1.20 bits per heavy atom. The third kappa shape index (κ3) is 10.9. The van der Waals surface area contributed by atoms with Gasteiger partial charge in [0.05, 0.1) is 17.1 Å². The Hall–Kier alpha value is -0.940. The molecule has 0 bridgehead atoms. The SMILES string of the molecule is CC.CC.CS(=O)(=O)CCCNc1ccc(Cl)cc1N. The van der Waals surface area contributed by atoms with Crippen molar-refractivity contribution in [1.29, 1.82) is 0 Å². The third-order valence-corrected chi connectivity index (χ3v) is 3.29. The van der Waals surface area contributed by atoms with Gasteiger partial charge >= 0.3 is 0 Å². The molecule has 0 aliphatic heterocycles. The van der Waals surface area contributed by atoms with E-state index in [9.17, 15) is 8.42 Å². The zero-order valence-corrected chi connectivity index (χ0v) is 14.6. The fourth-order valence-corrected chi connectivity index (χ4v) is 2.10. The smallest absolute Gasteiger partial charge is 0.147 e. The van der Waals surface area contributed by atoms with Crippen molar-refractivity contribution in [2.24, 2.45) is 0 Å². The molecule has 0 saturated carbocycles. The molecule has 0 aliphatic carbocycles. The van der Waals surface area contributed by atoms with Crippen LogP contribution in [-0.2, 0) is 9.84 Å². The van der Waals surface area contributed by atoms with Crippen LogP contribution in [0, 0.1) is 0 Å². The van der Waals surface area contributed by atoms with Crippen molar-refractivity contribution in [2.45, 2.75) is 34.1 Å². The maximum atomic E-state index is 10.9. The Morgan fingerprint density at radius 2 is 1.75 bits per heavy atom. The topological polar surface area (TPSA) is 72.2 Å². The number of sulfone groups is 1. The lowest BCUT2D eigenvalue weighted by molar-refractivity contribution is 0.600. The second-order valence-electron chi connectivity index (χ2n) is 3.64. The third-order valence-electron chi connectivity index (χ3n) is 2.02. The Bertz CT molecular complexity index is 462. The molecule has 20 heavy (non-hydrogen) atoms. The molecule has 0 radical (unpaired) electrons. The monoisotopic (exact) mass is 322 g/mol. The molecule has 0 aliphatic rings. The van der Waals surface area contributed by atoms with Gasteiger partial charge in [-0.3, -0.25) is 0 Å². The van der Waals surface area contributed by atoms with Crippen molar-refractivity contribution < 1.29 is 8.42 Å². The highest BCUT2D eigenvalue weighted by Crippen LogP contribution is 2.22. The molecule has 0 amide bonds. The molecule has 0 aromatic heterocycles. The highest BCUT2D eigenvalue weighted by Gasteiger charge is 2.02. The second kappa shape index (κ2) is 11.9. The summed E-state index contributed by atoms with van der Waals surface area (Å²) in [6.07, 6.45) is 1.78. The minimum Gasteiger partial charge on any atom is -0.397 e. The molecular weight excluding hydrogens is 296 g/mol. The van der Waals surface area contributed by atoms with Crippen LogP contribution in [0.4, 0.5) is 11.4 Å². The molecule has 0 atom stereocenters. The van der Waals surface area contributed by atoms with E-state index in [0.29, 0.717) is 23.7 Å². The van der Waals surface area contributed by atoms with Gasteiger partial charge in [0.15, 0.2) is 0 Å². The van der Waals surface area contributed by atoms with Crippen LogP contribution in [0.3, 0.4) is 0 Å². The van der Waals surface area contributed by atoms with Crippen LogP contribution in [0.15, 0.2) is 18.2 Å². The number of halogens is 1. The summed E-state index contributed by atoms with van der Waals surface area (Å²) >= 11 is 5.75. The molecule has 0 unspecified atom stereocenters. The summed E-state index contributed by atoms with van der Waals surface area (Å²) in [6.45, 7) is 8.57. The molecule has 0 saturated heterocycles. The van der Waals surface area contributed by atoms with E-state index < -0.39 is 9.84 Å². The van der Waals surface area contributed by atoms with E-state index in [4.69, 9.17) is 17.3 Å². The van der Waals surface area contributed by atoms with E-state index in [0.717, 1.165) is 5.69 Å². The predicted octanol–water partition coefficient (Wildman–Crippen LogP) is 3.82. The van der Waals surface area contributed by atoms with E-state index in [1.54, 1.807) is 18.2 Å². The Kier molecular flexibility index (Phi) is 12.7. The molecule has 4 nitrogen and oxygen atoms in total. The molecule has 0 fully saturated rings. The van der Waals surface area contributed by atoms with Crippen LogP contribution >= 0.6 is 11.6 Å². The number of nitrogens with two attached hydrogens (primary N) is 1. The molecule has 3 N–H and O–H groups in total. The lowest BCUT2D eigenvalue weighted by atomic mass is 10.2. The summed E-state index contributed by atoms with van der Waals surface area (Å²) in [7, 11) is -2.89. The van der Waals surface area contributed by atoms with Gasteiger partial charge in [-0.15, -0.1) is 0 Å². The van der Waals surface area contributed by atoms with Crippen molar-refractivity contribution in [1.82, 2.24) is 0 Å². The molecule has 118 valence electrons. The van der Waals surface area contributed by atoms with Gasteiger partial charge in [-0.1, -0.05) is 39.3 Å². The fourth-order valence-electron chi connectivity index (χ4n) is 1.25. The lowest BCUT2D eigenvalue weighted by Gasteiger charge is -2.08. The zero-order valence-electron chi connectivity index (χ0n) is 13.0. The van der Waals surface area contributed by atoms with E-state index in [-0.39, 0.29) is 5.75 Å². The van der Waals surface area contributed by atoms with Gasteiger partial charge in [0, 0.05) is 17.8 Å². The average molecular weight is 323 g/mol. The van der Waals surface area contributed by atoms with Gasteiger partial charge in [-0.25, -0.2) is 8.42 Å². The van der Waals surface area contributed by atoms with Gasteiger partial charge in [0.2, 0.25) is 0 Å². The number of anilines is 2. The highest BCUT2D eigenvalue weighted by atomic mass is 35.5. The van der Waals surface area contributed by atoms with Crippen LogP contribution in [0.2, 0.25) is 5.02 Å². The van der Waals surface area contributed by atoms with Crippen LogP contribution in [-0.4, -0.2) is 27.0 Å². The van der Waals surface area contributed by atoms with Crippen molar-refractivity contribution in [3.63, 3.8) is 0 Å². The quantitative estimate of drug-likeness (QED) is 0.638. The van der Waals surface area contributed by atoms with Crippen LogP contribution in [0.5, 0.6) is 0 Å². The summed E-state index contributed by atoms with van der Waals surface area (Å²) in [6, 6.07) is 5.16. The Labute approximate surface area is 128 Å². The number of hydrogen-bond donors (Lipinski definition) is 2. The maximum Gasteiger partial charge on any atom is 0.147 e. The van der Waals surface area contributed by atoms with Gasteiger partial charge in [0.1, 0.15) is 9.84 Å². The molecule has 6 heteroatoms. The van der Waals surface area contributed by atoms with Gasteiger partial charge in [0.25, 0.3) is 0 Å². The molecule has 1 rings (SSSR count). The summed E-state index contributed by atoms with van der Waals surface area (Å²) < 4.78 is 21.8. The van der Waals surface area contributed by atoms with Gasteiger partial charge < -0.3 is 11.1 Å². The number of benzene rings is 1. The van der Waals surface area contributed by atoms with Crippen molar-refractivity contribution >= 4 is 32.8 Å². The van der Waals surface area contributed by atoms with Gasteiger partial charge in [-0.05, 0) is 24.6 Å².